The van der Waals surface area contributed by atoms with Crippen LogP contribution in [-0.2, 0) is 20.2 Å². The number of imide groups is 1. The predicted molar refractivity (Wildman–Crippen MR) is 102 cm³/mol. The number of carbonyl (C=O) groups excluding carboxylic acids is 2. The van der Waals surface area contributed by atoms with E-state index in [2.05, 4.69) is 5.32 Å². The molecule has 0 saturated carbocycles. The Kier molecular flexibility index (Phi) is 5.25. The van der Waals surface area contributed by atoms with E-state index in [1.165, 1.54) is 12.1 Å². The fourth-order valence-corrected chi connectivity index (χ4v) is 4.68. The molecule has 1 fully saturated rings. The number of nitrogens with one attached hydrogen (secondary N) is 1. The lowest BCUT2D eigenvalue weighted by molar-refractivity contribution is -0.131. The zero-order chi connectivity index (χ0) is 20.5. The molecule has 0 aliphatic carbocycles. The zero-order valence-electron chi connectivity index (χ0n) is 15.6. The third-order valence-corrected chi connectivity index (χ3v) is 6.74. The number of aryl methyl sites for hydroxylation is 1. The van der Waals surface area contributed by atoms with Crippen LogP contribution in [0.5, 0.6) is 0 Å². The van der Waals surface area contributed by atoms with Crippen molar-refractivity contribution in [1.29, 1.82) is 0 Å². The van der Waals surface area contributed by atoms with Crippen LogP contribution in [0.15, 0.2) is 53.4 Å². The first-order chi connectivity index (χ1) is 13.1. The third kappa shape index (κ3) is 3.64. The Bertz CT molecular complexity index is 1020. The van der Waals surface area contributed by atoms with Gasteiger partial charge in [-0.15, -0.1) is 0 Å². The lowest BCUT2D eigenvalue weighted by atomic mass is 9.88. The van der Waals surface area contributed by atoms with Crippen LogP contribution < -0.4 is 5.32 Å². The number of carbonyl (C=O) groups is 2. The van der Waals surface area contributed by atoms with E-state index < -0.39 is 33.1 Å². The molecule has 0 aromatic heterocycles. The molecule has 0 bridgehead atoms. The van der Waals surface area contributed by atoms with Gasteiger partial charge in [0, 0.05) is 6.54 Å². The molecule has 3 rings (SSSR count). The maximum atomic E-state index is 13.0. The highest BCUT2D eigenvalue weighted by molar-refractivity contribution is 7.91. The fraction of sp³-hybridized carbons (Fsp3) is 0.300. The molecule has 28 heavy (non-hydrogen) atoms. The number of rotatable bonds is 6. The summed E-state index contributed by atoms with van der Waals surface area (Å²) in [6.45, 7) is 3.48. The quantitative estimate of drug-likeness (QED) is 0.593. The van der Waals surface area contributed by atoms with Gasteiger partial charge in [-0.2, -0.15) is 0 Å². The average molecular weight is 404 g/mol. The first kappa shape index (κ1) is 20.0. The highest BCUT2D eigenvalue weighted by Crippen LogP contribution is 2.31. The van der Waals surface area contributed by atoms with Crippen LogP contribution in [-0.4, -0.2) is 37.6 Å². The maximum Gasteiger partial charge on any atom is 0.325 e. The Labute approximate surface area is 163 Å². The smallest absolute Gasteiger partial charge is 0.319 e. The van der Waals surface area contributed by atoms with Gasteiger partial charge in [0.05, 0.1) is 10.6 Å². The number of hydrogen-bond donors (Lipinski definition) is 1. The Morgan fingerprint density at radius 3 is 2.36 bits per heavy atom. The van der Waals surface area contributed by atoms with E-state index in [0.717, 1.165) is 22.6 Å². The Hall–Kier alpha value is -2.74. The molecule has 0 radical (unpaired) electrons. The summed E-state index contributed by atoms with van der Waals surface area (Å²) in [6.07, 6.45) is 0.0860. The van der Waals surface area contributed by atoms with Crippen LogP contribution in [0.25, 0.3) is 0 Å². The van der Waals surface area contributed by atoms with E-state index in [0.29, 0.717) is 5.56 Å². The van der Waals surface area contributed by atoms with Crippen LogP contribution in [0.3, 0.4) is 0 Å². The number of urea groups is 1. The van der Waals surface area contributed by atoms with Crippen LogP contribution in [0, 0.1) is 12.7 Å². The molecule has 1 aliphatic rings. The number of benzene rings is 2. The summed E-state index contributed by atoms with van der Waals surface area (Å²) in [7, 11) is -3.63. The zero-order valence-corrected chi connectivity index (χ0v) is 16.4. The van der Waals surface area contributed by atoms with Gasteiger partial charge in [0.1, 0.15) is 11.4 Å². The molecule has 1 heterocycles. The molecule has 8 heteroatoms. The summed E-state index contributed by atoms with van der Waals surface area (Å²) in [5, 5.41) is 2.72. The van der Waals surface area contributed by atoms with Crippen LogP contribution in [0.2, 0.25) is 0 Å². The van der Waals surface area contributed by atoms with Crippen molar-refractivity contribution in [1.82, 2.24) is 10.2 Å². The minimum absolute atomic E-state index is 0.0100. The molecule has 148 valence electrons. The molecular formula is C20H21FN2O4S. The molecule has 2 aromatic carbocycles. The van der Waals surface area contributed by atoms with Gasteiger partial charge in [0.25, 0.3) is 5.91 Å². The van der Waals surface area contributed by atoms with E-state index >= 15 is 0 Å². The number of halogens is 1. The minimum atomic E-state index is -3.63. The summed E-state index contributed by atoms with van der Waals surface area (Å²) in [4.78, 5) is 26.3. The van der Waals surface area contributed by atoms with Gasteiger partial charge in [0.2, 0.25) is 0 Å². The summed E-state index contributed by atoms with van der Waals surface area (Å²) >= 11 is 0. The Morgan fingerprint density at radius 1 is 1.07 bits per heavy atom. The van der Waals surface area contributed by atoms with Gasteiger partial charge in [-0.05, 0) is 55.7 Å². The standard InChI is InChI=1S/C20H21FN2O4S/c1-14-6-3-4-7-17(14)20(2)18(24)23(19(25)22-20)12-5-13-28(26,27)16-10-8-15(21)9-11-16/h3-4,6-11H,5,12-13H2,1-2H3,(H,22,25). The Morgan fingerprint density at radius 2 is 1.71 bits per heavy atom. The summed E-state index contributed by atoms with van der Waals surface area (Å²) in [5.74, 6) is -1.18. The highest BCUT2D eigenvalue weighted by Gasteiger charge is 2.49. The van der Waals surface area contributed by atoms with Gasteiger partial charge >= 0.3 is 6.03 Å². The van der Waals surface area contributed by atoms with Crippen molar-refractivity contribution in [2.45, 2.75) is 30.7 Å². The number of nitrogens with zero attached hydrogens (tertiary/aromatic N) is 1. The second-order valence-electron chi connectivity index (χ2n) is 6.95. The number of sulfone groups is 1. The first-order valence-electron chi connectivity index (χ1n) is 8.84. The molecule has 0 spiro atoms. The largest absolute Gasteiger partial charge is 0.325 e. The lowest BCUT2D eigenvalue weighted by Crippen LogP contribution is -2.41. The van der Waals surface area contributed by atoms with Crippen LogP contribution in [0.4, 0.5) is 9.18 Å². The maximum absolute atomic E-state index is 13.0. The molecule has 1 unspecified atom stereocenters. The molecule has 1 saturated heterocycles. The van der Waals surface area contributed by atoms with Gasteiger partial charge in [0.15, 0.2) is 9.84 Å². The summed E-state index contributed by atoms with van der Waals surface area (Å²) < 4.78 is 37.7. The fourth-order valence-electron chi connectivity index (χ4n) is 3.39. The second-order valence-corrected chi connectivity index (χ2v) is 9.06. The molecule has 6 nitrogen and oxygen atoms in total. The monoisotopic (exact) mass is 404 g/mol. The molecule has 1 aliphatic heterocycles. The third-order valence-electron chi connectivity index (χ3n) is 4.93. The first-order valence-corrected chi connectivity index (χ1v) is 10.5. The Balaban J connectivity index is 1.70. The SMILES string of the molecule is Cc1ccccc1C1(C)NC(=O)N(CCCS(=O)(=O)c2ccc(F)cc2)C1=O. The second kappa shape index (κ2) is 7.35. The van der Waals surface area contributed by atoms with Gasteiger partial charge < -0.3 is 5.32 Å². The van der Waals surface area contributed by atoms with Crippen molar-refractivity contribution < 1.29 is 22.4 Å². The van der Waals surface area contributed by atoms with Crippen molar-refractivity contribution in [3.8, 4) is 0 Å². The van der Waals surface area contributed by atoms with Gasteiger partial charge in [-0.3, -0.25) is 9.69 Å². The molecular weight excluding hydrogens is 383 g/mol. The van der Waals surface area contributed by atoms with E-state index in [4.69, 9.17) is 0 Å². The van der Waals surface area contributed by atoms with Crippen LogP contribution >= 0.6 is 0 Å². The van der Waals surface area contributed by atoms with Crippen molar-refractivity contribution in [2.24, 2.45) is 0 Å². The summed E-state index contributed by atoms with van der Waals surface area (Å²) in [6, 6.07) is 11.3. The van der Waals surface area contributed by atoms with Gasteiger partial charge in [-0.1, -0.05) is 24.3 Å². The highest BCUT2D eigenvalue weighted by atomic mass is 32.2. The summed E-state index contributed by atoms with van der Waals surface area (Å²) in [5.41, 5.74) is 0.396. The van der Waals surface area contributed by atoms with Gasteiger partial charge in [-0.25, -0.2) is 17.6 Å². The number of hydrogen-bond acceptors (Lipinski definition) is 4. The normalized spacial score (nSPS) is 19.8. The van der Waals surface area contributed by atoms with E-state index in [9.17, 15) is 22.4 Å². The predicted octanol–water partition coefficient (Wildman–Crippen LogP) is 2.77. The van der Waals surface area contributed by atoms with Crippen molar-refractivity contribution >= 4 is 21.8 Å². The van der Waals surface area contributed by atoms with Crippen molar-refractivity contribution in [3.63, 3.8) is 0 Å². The van der Waals surface area contributed by atoms with Crippen molar-refractivity contribution in [3.05, 3.63) is 65.5 Å². The minimum Gasteiger partial charge on any atom is -0.319 e. The van der Waals surface area contributed by atoms with E-state index in [1.807, 2.05) is 19.1 Å². The molecule has 1 N–H and O–H groups in total. The number of amides is 3. The molecule has 3 amide bonds. The lowest BCUT2D eigenvalue weighted by Gasteiger charge is -2.24. The van der Waals surface area contributed by atoms with Crippen molar-refractivity contribution in [2.75, 3.05) is 12.3 Å². The average Bonchev–Trinajstić information content (AvgIpc) is 2.86. The van der Waals surface area contributed by atoms with Crippen LogP contribution in [0.1, 0.15) is 24.5 Å². The molecule has 1 atom stereocenters. The van der Waals surface area contributed by atoms with E-state index in [-0.39, 0.29) is 23.6 Å². The van der Waals surface area contributed by atoms with E-state index in [1.54, 1.807) is 19.1 Å². The topological polar surface area (TPSA) is 83.6 Å². The molecule has 2 aromatic rings.